The zero-order chi connectivity index (χ0) is 21.7. The summed E-state index contributed by atoms with van der Waals surface area (Å²) in [5.41, 5.74) is 3.06. The first kappa shape index (κ1) is 19.5. The van der Waals surface area contributed by atoms with Crippen LogP contribution in [0.1, 0.15) is 43.4 Å². The van der Waals surface area contributed by atoms with Gasteiger partial charge in [0.1, 0.15) is 5.65 Å². The van der Waals surface area contributed by atoms with Crippen LogP contribution in [0.25, 0.3) is 5.65 Å². The topological polar surface area (TPSA) is 57.9 Å². The lowest BCUT2D eigenvalue weighted by molar-refractivity contribution is -0.137. The minimum absolute atomic E-state index is 0.151. The molecule has 164 valence electrons. The Hall–Kier alpha value is -3.15. The van der Waals surface area contributed by atoms with E-state index in [1.807, 2.05) is 40.3 Å². The van der Waals surface area contributed by atoms with Gasteiger partial charge in [-0.25, -0.2) is 4.98 Å². The molecule has 6 rings (SSSR count). The maximum absolute atomic E-state index is 13.3. The Morgan fingerprint density at radius 1 is 1.00 bits per heavy atom. The van der Waals surface area contributed by atoms with Crippen molar-refractivity contribution in [3.8, 4) is 0 Å². The summed E-state index contributed by atoms with van der Waals surface area (Å²) in [6.45, 7) is 1.99. The van der Waals surface area contributed by atoms with E-state index in [4.69, 9.17) is 4.98 Å². The fraction of sp³-hybridized carbons (Fsp3) is 0.423. The molecule has 1 saturated carbocycles. The van der Waals surface area contributed by atoms with Crippen LogP contribution in [0, 0.1) is 5.92 Å². The lowest BCUT2D eigenvalue weighted by Gasteiger charge is -2.42. The second-order valence-electron chi connectivity index (χ2n) is 9.54. The average Bonchev–Trinajstić information content (AvgIpc) is 3.46. The summed E-state index contributed by atoms with van der Waals surface area (Å²) in [6.07, 6.45) is 8.40. The third-order valence-electron chi connectivity index (χ3n) is 7.60. The molecule has 1 aromatic carbocycles. The van der Waals surface area contributed by atoms with Gasteiger partial charge < -0.3 is 14.2 Å². The number of carbonyl (C=O) groups excluding carboxylic acids is 2. The van der Waals surface area contributed by atoms with Crippen LogP contribution in [0.3, 0.4) is 0 Å². The van der Waals surface area contributed by atoms with E-state index in [1.165, 1.54) is 5.56 Å². The molecule has 6 nitrogen and oxygen atoms in total. The minimum Gasteiger partial charge on any atom is -0.342 e. The van der Waals surface area contributed by atoms with Crippen LogP contribution in [-0.2, 0) is 15.0 Å². The first-order valence-corrected chi connectivity index (χ1v) is 11.7. The first-order valence-electron chi connectivity index (χ1n) is 11.7. The Labute approximate surface area is 187 Å². The Balaban J connectivity index is 1.25. The number of pyridine rings is 1. The molecule has 2 aliphatic heterocycles. The van der Waals surface area contributed by atoms with Crippen LogP contribution in [0.5, 0.6) is 0 Å². The number of piperidine rings is 1. The molecule has 0 bridgehead atoms. The highest BCUT2D eigenvalue weighted by Crippen LogP contribution is 2.42. The predicted molar refractivity (Wildman–Crippen MR) is 121 cm³/mol. The summed E-state index contributed by atoms with van der Waals surface area (Å²) in [7, 11) is 0. The van der Waals surface area contributed by atoms with Crippen molar-refractivity contribution in [1.82, 2.24) is 19.2 Å². The Morgan fingerprint density at radius 3 is 2.47 bits per heavy atom. The molecule has 3 aliphatic rings. The summed E-state index contributed by atoms with van der Waals surface area (Å²) >= 11 is 0. The number of nitrogens with zero attached hydrogens (tertiary/aromatic N) is 4. The largest absolute Gasteiger partial charge is 0.342 e. The predicted octanol–water partition coefficient (Wildman–Crippen LogP) is 3.25. The molecule has 2 saturated heterocycles. The van der Waals surface area contributed by atoms with E-state index in [-0.39, 0.29) is 23.1 Å². The maximum Gasteiger partial charge on any atom is 0.227 e. The van der Waals surface area contributed by atoms with Crippen LogP contribution in [0.2, 0.25) is 0 Å². The van der Waals surface area contributed by atoms with Crippen molar-refractivity contribution < 1.29 is 9.59 Å². The molecule has 0 N–H and O–H groups in total. The number of aromatic nitrogens is 2. The number of carbonyl (C=O) groups is 2. The lowest BCUT2D eigenvalue weighted by atomic mass is 9.70. The highest BCUT2D eigenvalue weighted by atomic mass is 16.2. The van der Waals surface area contributed by atoms with E-state index < -0.39 is 0 Å². The van der Waals surface area contributed by atoms with E-state index in [0.29, 0.717) is 32.1 Å². The van der Waals surface area contributed by atoms with E-state index in [9.17, 15) is 9.59 Å². The number of likely N-dealkylation sites (tertiary alicyclic amines) is 2. The molecule has 3 fully saturated rings. The molecule has 32 heavy (non-hydrogen) atoms. The van der Waals surface area contributed by atoms with Crippen molar-refractivity contribution in [2.24, 2.45) is 5.92 Å². The summed E-state index contributed by atoms with van der Waals surface area (Å²) in [4.78, 5) is 34.6. The molecule has 4 heterocycles. The highest BCUT2D eigenvalue weighted by molar-refractivity contribution is 5.89. The quantitative estimate of drug-likeness (QED) is 0.641. The molecule has 1 unspecified atom stereocenters. The summed E-state index contributed by atoms with van der Waals surface area (Å²) in [6, 6.07) is 17.0. The molecular weight excluding hydrogens is 400 g/mol. The van der Waals surface area contributed by atoms with Gasteiger partial charge in [0.2, 0.25) is 11.8 Å². The maximum atomic E-state index is 13.3. The Kier molecular flexibility index (Phi) is 4.56. The third kappa shape index (κ3) is 3.20. The molecule has 1 atom stereocenters. The van der Waals surface area contributed by atoms with Gasteiger partial charge in [0, 0.05) is 49.9 Å². The van der Waals surface area contributed by atoms with Gasteiger partial charge in [-0.15, -0.1) is 0 Å². The number of rotatable bonds is 4. The van der Waals surface area contributed by atoms with Gasteiger partial charge in [-0.1, -0.05) is 36.4 Å². The number of benzene rings is 1. The van der Waals surface area contributed by atoms with Gasteiger partial charge in [0.05, 0.1) is 11.6 Å². The SMILES string of the molecule is O=C(C1CC(=O)N(C2CC2)C1)N1CCC(c2ccccc2)(c2cn3ccccc3n2)CC1. The standard InChI is InChI=1S/C26H28N4O2/c31-24-16-19(17-30(24)21-9-10-21)25(32)28-14-11-26(12-15-28,20-6-2-1-3-7-20)22-18-29-13-5-4-8-23(29)27-22/h1-8,13,18-19,21H,9-12,14-17H2. The molecule has 3 aromatic rings. The first-order chi connectivity index (χ1) is 15.6. The molecule has 2 aromatic heterocycles. The molecule has 6 heteroatoms. The molecule has 2 amide bonds. The summed E-state index contributed by atoms with van der Waals surface area (Å²) in [5, 5.41) is 0. The monoisotopic (exact) mass is 428 g/mol. The van der Waals surface area contributed by atoms with Crippen molar-refractivity contribution in [3.05, 3.63) is 72.2 Å². The van der Waals surface area contributed by atoms with E-state index in [1.54, 1.807) is 0 Å². The number of hydrogen-bond acceptors (Lipinski definition) is 3. The van der Waals surface area contributed by atoms with E-state index in [2.05, 4.69) is 34.9 Å². The minimum atomic E-state index is -0.213. The van der Waals surface area contributed by atoms with Gasteiger partial charge in [-0.2, -0.15) is 0 Å². The van der Waals surface area contributed by atoms with Crippen LogP contribution >= 0.6 is 0 Å². The van der Waals surface area contributed by atoms with Crippen LogP contribution in [0.15, 0.2) is 60.9 Å². The fourth-order valence-electron chi connectivity index (χ4n) is 5.62. The normalized spacial score (nSPS) is 23.1. The van der Waals surface area contributed by atoms with Gasteiger partial charge in [0.25, 0.3) is 0 Å². The van der Waals surface area contributed by atoms with Crippen molar-refractivity contribution in [1.29, 1.82) is 0 Å². The number of imidazole rings is 1. The number of fused-ring (bicyclic) bond motifs is 1. The number of amides is 2. The van der Waals surface area contributed by atoms with E-state index in [0.717, 1.165) is 37.0 Å². The zero-order valence-corrected chi connectivity index (χ0v) is 18.2. The smallest absolute Gasteiger partial charge is 0.227 e. The Morgan fingerprint density at radius 2 is 1.75 bits per heavy atom. The van der Waals surface area contributed by atoms with Crippen LogP contribution in [0.4, 0.5) is 0 Å². The van der Waals surface area contributed by atoms with Crippen LogP contribution in [-0.4, -0.2) is 56.7 Å². The fourth-order valence-corrected chi connectivity index (χ4v) is 5.62. The second kappa shape index (κ2) is 7.47. The van der Waals surface area contributed by atoms with Crippen molar-refractivity contribution >= 4 is 17.5 Å². The van der Waals surface area contributed by atoms with Crippen LogP contribution < -0.4 is 0 Å². The lowest BCUT2D eigenvalue weighted by Crippen LogP contribution is -2.48. The Bertz CT molecular complexity index is 1130. The second-order valence-corrected chi connectivity index (χ2v) is 9.54. The van der Waals surface area contributed by atoms with Crippen molar-refractivity contribution in [2.45, 2.75) is 43.6 Å². The molecular formula is C26H28N4O2. The molecule has 0 spiro atoms. The summed E-state index contributed by atoms with van der Waals surface area (Å²) in [5.74, 6) is 0.131. The van der Waals surface area contributed by atoms with Crippen molar-refractivity contribution in [2.75, 3.05) is 19.6 Å². The number of hydrogen-bond donors (Lipinski definition) is 0. The molecule has 1 aliphatic carbocycles. The summed E-state index contributed by atoms with van der Waals surface area (Å²) < 4.78 is 2.08. The van der Waals surface area contributed by atoms with E-state index >= 15 is 0 Å². The average molecular weight is 429 g/mol. The van der Waals surface area contributed by atoms with Gasteiger partial charge in [-0.05, 0) is 43.4 Å². The van der Waals surface area contributed by atoms with Gasteiger partial charge >= 0.3 is 0 Å². The molecule has 0 radical (unpaired) electrons. The highest BCUT2D eigenvalue weighted by Gasteiger charge is 2.45. The van der Waals surface area contributed by atoms with Gasteiger partial charge in [0.15, 0.2) is 0 Å². The third-order valence-corrected chi connectivity index (χ3v) is 7.60. The zero-order valence-electron chi connectivity index (χ0n) is 18.2. The van der Waals surface area contributed by atoms with Gasteiger partial charge in [-0.3, -0.25) is 9.59 Å². The van der Waals surface area contributed by atoms with Crippen molar-refractivity contribution in [3.63, 3.8) is 0 Å².